The molecule has 1 N–H and O–H groups in total. The van der Waals surface area contributed by atoms with Crippen molar-refractivity contribution in [2.24, 2.45) is 0 Å². The average molecular weight is 325 g/mol. The van der Waals surface area contributed by atoms with Crippen LogP contribution in [0.3, 0.4) is 0 Å². The van der Waals surface area contributed by atoms with E-state index in [9.17, 15) is 4.79 Å². The van der Waals surface area contributed by atoms with Crippen molar-refractivity contribution in [2.75, 3.05) is 14.1 Å². The summed E-state index contributed by atoms with van der Waals surface area (Å²) in [6.45, 7) is 0. The normalized spacial score (nSPS) is 13.5. The van der Waals surface area contributed by atoms with Crippen LogP contribution in [-0.2, 0) is 0 Å². The van der Waals surface area contributed by atoms with Crippen molar-refractivity contribution in [2.45, 2.75) is 0 Å². The monoisotopic (exact) mass is 325 g/mol. The average Bonchev–Trinajstić information content (AvgIpc) is 2.97. The van der Waals surface area contributed by atoms with E-state index in [0.717, 1.165) is 10.9 Å². The van der Waals surface area contributed by atoms with Gasteiger partial charge in [0.15, 0.2) is 0 Å². The highest BCUT2D eigenvalue weighted by atomic mass is 16.5. The number of methoxy groups -OCH3 is 2. The molecule has 2 aliphatic heterocycles. The molecular formula is C17H14N4O3. The summed E-state index contributed by atoms with van der Waals surface area (Å²) in [6.07, 6.45) is 2.94. The number of ether oxygens (including phenoxy) is 2. The molecule has 2 aliphatic rings. The third kappa shape index (κ3) is 2.10. The maximum Gasteiger partial charge on any atom is 0.282 e. The lowest BCUT2D eigenvalue weighted by atomic mass is 10.1. The molecule has 0 saturated heterocycles. The first-order chi connectivity index (χ1) is 12.9. The van der Waals surface area contributed by atoms with Crippen LogP contribution in [0.4, 0.5) is 0 Å². The van der Waals surface area contributed by atoms with Gasteiger partial charge in [0.2, 0.25) is 5.88 Å². The van der Waals surface area contributed by atoms with Crippen molar-refractivity contribution in [1.82, 2.24) is 19.7 Å². The Morgan fingerprint density at radius 3 is 2.92 bits per heavy atom. The van der Waals surface area contributed by atoms with Crippen LogP contribution in [0.15, 0.2) is 47.5 Å². The highest BCUT2D eigenvalue weighted by Gasteiger charge is 2.19. The van der Waals surface area contributed by atoms with E-state index in [1.165, 1.54) is 23.0 Å². The number of nitrogens with zero attached hydrogens (tertiary/aromatic N) is 3. The number of aromatic amines is 1. The minimum atomic E-state index is -2.59. The molecule has 120 valence electrons. The van der Waals surface area contributed by atoms with Gasteiger partial charge < -0.3 is 14.5 Å². The van der Waals surface area contributed by atoms with Gasteiger partial charge in [0.05, 0.1) is 41.2 Å². The fraction of sp³-hybridized carbons (Fsp3) is 0.118. The molecule has 2 aromatic rings. The molecule has 24 heavy (non-hydrogen) atoms. The summed E-state index contributed by atoms with van der Waals surface area (Å²) < 4.78 is 32.4. The number of hydrogen-bond acceptors (Lipinski definition) is 5. The lowest BCUT2D eigenvalue weighted by Gasteiger charge is -2.05. The molecule has 0 saturated carbocycles. The maximum atomic E-state index is 12.7. The van der Waals surface area contributed by atoms with Crippen molar-refractivity contribution in [3.05, 3.63) is 53.1 Å². The van der Waals surface area contributed by atoms with Gasteiger partial charge in [-0.25, -0.2) is 4.98 Å². The predicted molar refractivity (Wildman–Crippen MR) is 89.2 cm³/mol. The number of rotatable bonds is 3. The zero-order valence-corrected chi connectivity index (χ0v) is 12.6. The van der Waals surface area contributed by atoms with Crippen LogP contribution in [0, 0.1) is 0 Å². The molecular weight excluding hydrogens is 308 g/mol. The fourth-order valence-electron chi connectivity index (χ4n) is 2.60. The van der Waals surface area contributed by atoms with E-state index in [0.29, 0.717) is 22.7 Å². The van der Waals surface area contributed by atoms with Crippen molar-refractivity contribution in [1.29, 1.82) is 0 Å². The van der Waals surface area contributed by atoms with Crippen LogP contribution in [0.25, 0.3) is 27.8 Å². The Bertz CT molecular complexity index is 1150. The number of hydrogen-bond donors (Lipinski definition) is 1. The number of H-pyrrole nitrogens is 1. The Kier molecular flexibility index (Phi) is 2.52. The lowest BCUT2D eigenvalue weighted by Crippen LogP contribution is -2.14. The minimum Gasteiger partial charge on any atom is -0.497 e. The summed E-state index contributed by atoms with van der Waals surface area (Å²) in [5, 5.41) is 5.20. The Balaban J connectivity index is 1.81. The summed E-state index contributed by atoms with van der Waals surface area (Å²) >= 11 is 0. The second-order valence-electron chi connectivity index (χ2n) is 5.14. The first kappa shape index (κ1) is 11.2. The molecule has 0 unspecified atom stereocenters. The van der Waals surface area contributed by atoms with E-state index in [1.807, 2.05) is 12.1 Å². The molecule has 7 nitrogen and oxygen atoms in total. The van der Waals surface area contributed by atoms with E-state index in [1.54, 1.807) is 19.4 Å². The van der Waals surface area contributed by atoms with E-state index >= 15 is 0 Å². The molecule has 0 amide bonds. The zero-order chi connectivity index (χ0) is 19.2. The molecule has 0 fully saturated rings. The van der Waals surface area contributed by atoms with Crippen LogP contribution in [0.1, 0.15) is 4.11 Å². The van der Waals surface area contributed by atoms with Crippen LogP contribution in [0.2, 0.25) is 0 Å². The highest BCUT2D eigenvalue weighted by molar-refractivity contribution is 5.93. The Morgan fingerprint density at radius 1 is 1.25 bits per heavy atom. The molecule has 0 bridgehead atoms. The number of benzene rings is 1. The molecule has 4 rings (SSSR count). The second kappa shape index (κ2) is 5.38. The summed E-state index contributed by atoms with van der Waals surface area (Å²) in [5.74, 6) is 0.628. The number of fused-ring (bicyclic) bond motifs is 3. The van der Waals surface area contributed by atoms with Gasteiger partial charge in [0, 0.05) is 23.7 Å². The number of nitrogens with one attached hydrogen (secondary N) is 1. The van der Waals surface area contributed by atoms with Crippen LogP contribution in [-0.4, -0.2) is 33.9 Å². The summed E-state index contributed by atoms with van der Waals surface area (Å²) in [7, 11) is -1.01. The van der Waals surface area contributed by atoms with Gasteiger partial charge in [0.1, 0.15) is 11.4 Å². The van der Waals surface area contributed by atoms with E-state index < -0.39 is 7.04 Å². The SMILES string of the molecule is [2H]C([2H])([2H])Oc1ccc(-n2nc3c4ccc(OC)cc4[nH]cc-3c2=O)cn1. The van der Waals surface area contributed by atoms with Gasteiger partial charge in [-0.15, -0.1) is 0 Å². The van der Waals surface area contributed by atoms with Gasteiger partial charge >= 0.3 is 0 Å². The fourth-order valence-corrected chi connectivity index (χ4v) is 2.60. The largest absolute Gasteiger partial charge is 0.497 e. The molecule has 0 radical (unpaired) electrons. The Morgan fingerprint density at radius 2 is 2.17 bits per heavy atom. The Hall–Kier alpha value is -3.35. The van der Waals surface area contributed by atoms with Gasteiger partial charge in [-0.05, 0) is 18.2 Å². The Labute approximate surface area is 141 Å². The molecule has 3 heterocycles. The van der Waals surface area contributed by atoms with Crippen molar-refractivity contribution in [3.8, 4) is 28.6 Å². The first-order valence-electron chi connectivity index (χ1n) is 8.59. The maximum absolute atomic E-state index is 12.7. The van der Waals surface area contributed by atoms with Crippen molar-refractivity contribution in [3.63, 3.8) is 0 Å². The van der Waals surface area contributed by atoms with E-state index in [-0.39, 0.29) is 11.4 Å². The summed E-state index contributed by atoms with van der Waals surface area (Å²) in [5.41, 5.74) is 1.83. The van der Waals surface area contributed by atoms with Crippen LogP contribution < -0.4 is 15.0 Å². The molecule has 0 spiro atoms. The summed E-state index contributed by atoms with van der Waals surface area (Å²) in [4.78, 5) is 19.7. The predicted octanol–water partition coefficient (Wildman–Crippen LogP) is 2.23. The first-order valence-corrected chi connectivity index (χ1v) is 7.09. The topological polar surface area (TPSA) is 82.0 Å². The molecule has 1 aromatic heterocycles. The second-order valence-corrected chi connectivity index (χ2v) is 5.14. The molecule has 0 atom stereocenters. The standard InChI is InChI=1S/C17H14N4O3/c1-23-11-4-5-12-14(7-11)18-9-13-16(12)20-21(17(13)22)10-3-6-15(24-2)19-8-10/h3-9,18H,1-2H3/i2D3. The third-order valence-corrected chi connectivity index (χ3v) is 3.80. The third-order valence-electron chi connectivity index (χ3n) is 3.80. The number of pyridine rings is 2. The zero-order valence-electron chi connectivity index (χ0n) is 15.6. The summed E-state index contributed by atoms with van der Waals surface area (Å²) in [6, 6.07) is 8.34. The quantitative estimate of drug-likeness (QED) is 0.624. The van der Waals surface area contributed by atoms with Crippen molar-refractivity contribution < 1.29 is 13.6 Å². The molecule has 1 aromatic carbocycles. The highest BCUT2D eigenvalue weighted by Crippen LogP contribution is 2.28. The van der Waals surface area contributed by atoms with Crippen molar-refractivity contribution >= 4 is 10.9 Å². The van der Waals surface area contributed by atoms with E-state index in [4.69, 9.17) is 13.6 Å². The van der Waals surface area contributed by atoms with Gasteiger partial charge in [-0.3, -0.25) is 4.79 Å². The van der Waals surface area contributed by atoms with Crippen LogP contribution in [0.5, 0.6) is 11.6 Å². The molecule has 7 heteroatoms. The minimum absolute atomic E-state index is 0.0613. The smallest absolute Gasteiger partial charge is 0.282 e. The van der Waals surface area contributed by atoms with E-state index in [2.05, 4.69) is 15.1 Å². The molecule has 0 aliphatic carbocycles. The number of aromatic nitrogens is 4. The van der Waals surface area contributed by atoms with Gasteiger partial charge in [-0.1, -0.05) is 0 Å². The van der Waals surface area contributed by atoms with Gasteiger partial charge in [0.25, 0.3) is 5.56 Å². The van der Waals surface area contributed by atoms with Gasteiger partial charge in [-0.2, -0.15) is 9.78 Å². The van der Waals surface area contributed by atoms with Crippen LogP contribution >= 0.6 is 0 Å². The lowest BCUT2D eigenvalue weighted by molar-refractivity contribution is 0.397.